The third-order valence-corrected chi connectivity index (χ3v) is 5.80. The van der Waals surface area contributed by atoms with Gasteiger partial charge in [-0.2, -0.15) is 0 Å². The fraction of sp³-hybridized carbons (Fsp3) is 0.148. The van der Waals surface area contributed by atoms with Crippen molar-refractivity contribution in [2.24, 2.45) is 0 Å². The van der Waals surface area contributed by atoms with Gasteiger partial charge in [0.1, 0.15) is 11.3 Å². The largest absolute Gasteiger partial charge is 0.493 e. The highest BCUT2D eigenvalue weighted by Crippen LogP contribution is 2.38. The zero-order chi connectivity index (χ0) is 23.7. The van der Waals surface area contributed by atoms with E-state index in [0.717, 1.165) is 27.6 Å². The molecule has 0 bridgehead atoms. The topological polar surface area (TPSA) is 69.9 Å². The molecule has 0 saturated carbocycles. The molecule has 0 aliphatic carbocycles. The van der Waals surface area contributed by atoms with Crippen molar-refractivity contribution in [3.8, 4) is 28.4 Å². The van der Waals surface area contributed by atoms with Gasteiger partial charge in [-0.25, -0.2) is 0 Å². The highest BCUT2D eigenvalue weighted by molar-refractivity contribution is 6.30. The van der Waals surface area contributed by atoms with E-state index >= 15 is 0 Å². The van der Waals surface area contributed by atoms with Crippen LogP contribution in [0.4, 0.5) is 5.69 Å². The van der Waals surface area contributed by atoms with Gasteiger partial charge in [0, 0.05) is 45.4 Å². The maximum absolute atomic E-state index is 12.8. The molecule has 0 atom stereocenters. The Bertz CT molecular complexity index is 1400. The number of furan rings is 1. The Kier molecular flexibility index (Phi) is 5.90. The van der Waals surface area contributed by atoms with Crippen molar-refractivity contribution < 1.29 is 23.4 Å². The van der Waals surface area contributed by atoms with Crippen molar-refractivity contribution >= 4 is 39.7 Å². The van der Waals surface area contributed by atoms with Gasteiger partial charge in [-0.15, -0.1) is 0 Å². The molecule has 1 N–H and O–H groups in total. The molecule has 172 valence electrons. The number of carbonyl (C=O) groups is 1. The fourth-order valence-electron chi connectivity index (χ4n) is 3.92. The third-order valence-electron chi connectivity index (χ3n) is 5.54. The molecule has 4 aromatic rings. The standard InChI is InChI=1S/C27H22ClNO5/c1-3-31-24-13-25-21(22(14-32-25)17-4-6-18(28)7-5-17)12-20(24)16(2)10-27(30)29-19-8-9-23-26(11-19)34-15-33-23/h4-14H,3,15H2,1-2H3,(H,29,30)/b16-10+. The number of benzene rings is 3. The second kappa shape index (κ2) is 9.15. The van der Waals surface area contributed by atoms with Gasteiger partial charge in [0.2, 0.25) is 12.7 Å². The van der Waals surface area contributed by atoms with Crippen molar-refractivity contribution in [2.75, 3.05) is 18.7 Å². The van der Waals surface area contributed by atoms with E-state index in [-0.39, 0.29) is 12.7 Å². The number of amides is 1. The lowest BCUT2D eigenvalue weighted by Crippen LogP contribution is -2.08. The second-order valence-electron chi connectivity index (χ2n) is 7.82. The van der Waals surface area contributed by atoms with Crippen LogP contribution in [0.1, 0.15) is 19.4 Å². The molecule has 0 fully saturated rings. The summed E-state index contributed by atoms with van der Waals surface area (Å²) in [6, 6.07) is 16.7. The molecule has 3 aromatic carbocycles. The molecule has 5 rings (SSSR count). The Labute approximate surface area is 201 Å². The monoisotopic (exact) mass is 475 g/mol. The molecule has 0 unspecified atom stereocenters. The minimum absolute atomic E-state index is 0.181. The van der Waals surface area contributed by atoms with Gasteiger partial charge in [0.15, 0.2) is 11.5 Å². The molecule has 0 radical (unpaired) electrons. The number of nitrogens with one attached hydrogen (secondary N) is 1. The van der Waals surface area contributed by atoms with E-state index < -0.39 is 0 Å². The van der Waals surface area contributed by atoms with E-state index in [0.29, 0.717) is 40.1 Å². The molecule has 34 heavy (non-hydrogen) atoms. The summed E-state index contributed by atoms with van der Waals surface area (Å²) in [5, 5.41) is 4.47. The van der Waals surface area contributed by atoms with Crippen LogP contribution in [0.2, 0.25) is 5.02 Å². The first-order valence-electron chi connectivity index (χ1n) is 10.8. The van der Waals surface area contributed by atoms with E-state index in [1.165, 1.54) is 0 Å². The summed E-state index contributed by atoms with van der Waals surface area (Å²) in [6.07, 6.45) is 3.27. The minimum atomic E-state index is -0.260. The Hall–Kier alpha value is -3.90. The molecule has 7 heteroatoms. The lowest BCUT2D eigenvalue weighted by molar-refractivity contribution is -0.111. The Morgan fingerprint density at radius 3 is 2.68 bits per heavy atom. The van der Waals surface area contributed by atoms with E-state index in [2.05, 4.69) is 5.32 Å². The van der Waals surface area contributed by atoms with Crippen molar-refractivity contribution in [2.45, 2.75) is 13.8 Å². The molecule has 1 aliphatic heterocycles. The quantitative estimate of drug-likeness (QED) is 0.306. The maximum Gasteiger partial charge on any atom is 0.248 e. The first kappa shape index (κ1) is 21.9. The van der Waals surface area contributed by atoms with Gasteiger partial charge in [0.25, 0.3) is 0 Å². The van der Waals surface area contributed by atoms with Gasteiger partial charge in [-0.3, -0.25) is 4.79 Å². The summed E-state index contributed by atoms with van der Waals surface area (Å²) in [7, 11) is 0. The number of rotatable bonds is 6. The van der Waals surface area contributed by atoms with E-state index in [1.807, 2.05) is 50.2 Å². The van der Waals surface area contributed by atoms with E-state index in [4.69, 9.17) is 30.2 Å². The van der Waals surface area contributed by atoms with Crippen LogP contribution >= 0.6 is 11.6 Å². The van der Waals surface area contributed by atoms with Crippen LogP contribution in [-0.4, -0.2) is 19.3 Å². The van der Waals surface area contributed by atoms with Crippen molar-refractivity contribution in [1.82, 2.24) is 0 Å². The Morgan fingerprint density at radius 2 is 1.88 bits per heavy atom. The van der Waals surface area contributed by atoms with Crippen LogP contribution in [0, 0.1) is 0 Å². The predicted octanol–water partition coefficient (Wildman–Crippen LogP) is 6.92. The fourth-order valence-corrected chi connectivity index (χ4v) is 4.04. The molecule has 0 saturated heterocycles. The number of hydrogen-bond acceptors (Lipinski definition) is 5. The number of halogens is 1. The summed E-state index contributed by atoms with van der Waals surface area (Å²) >= 11 is 6.05. The maximum atomic E-state index is 12.8. The minimum Gasteiger partial charge on any atom is -0.493 e. The molecule has 1 aliphatic rings. The number of allylic oxidation sites excluding steroid dienone is 1. The van der Waals surface area contributed by atoms with Crippen molar-refractivity contribution in [3.05, 3.63) is 77.5 Å². The van der Waals surface area contributed by atoms with E-state index in [1.54, 1.807) is 30.5 Å². The van der Waals surface area contributed by atoms with Crippen LogP contribution in [0.3, 0.4) is 0 Å². The number of hydrogen-bond donors (Lipinski definition) is 1. The zero-order valence-corrected chi connectivity index (χ0v) is 19.4. The molecule has 1 aromatic heterocycles. The van der Waals surface area contributed by atoms with Gasteiger partial charge < -0.3 is 23.9 Å². The number of anilines is 1. The summed E-state index contributed by atoms with van der Waals surface area (Å²) in [4.78, 5) is 12.8. The predicted molar refractivity (Wildman–Crippen MR) is 133 cm³/mol. The third kappa shape index (κ3) is 4.32. The second-order valence-corrected chi connectivity index (χ2v) is 8.25. The molecule has 6 nitrogen and oxygen atoms in total. The summed E-state index contributed by atoms with van der Waals surface area (Å²) < 4.78 is 22.4. The summed E-state index contributed by atoms with van der Waals surface area (Å²) in [5.41, 5.74) is 4.82. The first-order chi connectivity index (χ1) is 16.5. The van der Waals surface area contributed by atoms with Gasteiger partial charge >= 0.3 is 0 Å². The lowest BCUT2D eigenvalue weighted by Gasteiger charge is -2.12. The smallest absolute Gasteiger partial charge is 0.248 e. The lowest BCUT2D eigenvalue weighted by atomic mass is 9.99. The van der Waals surface area contributed by atoms with Crippen LogP contribution < -0.4 is 19.5 Å². The molecule has 2 heterocycles. The van der Waals surface area contributed by atoms with Gasteiger partial charge in [-0.1, -0.05) is 23.7 Å². The normalized spacial score (nSPS) is 12.7. The Balaban J connectivity index is 1.48. The number of fused-ring (bicyclic) bond motifs is 2. The van der Waals surface area contributed by atoms with Crippen molar-refractivity contribution in [1.29, 1.82) is 0 Å². The highest BCUT2D eigenvalue weighted by Gasteiger charge is 2.17. The van der Waals surface area contributed by atoms with Gasteiger partial charge in [0.05, 0.1) is 12.9 Å². The number of ether oxygens (including phenoxy) is 3. The molecule has 0 spiro atoms. The van der Waals surface area contributed by atoms with Crippen LogP contribution in [0.15, 0.2) is 71.4 Å². The summed E-state index contributed by atoms with van der Waals surface area (Å²) in [5.74, 6) is 1.66. The molecular formula is C27H22ClNO5. The molecular weight excluding hydrogens is 454 g/mol. The van der Waals surface area contributed by atoms with Crippen LogP contribution in [0.25, 0.3) is 27.7 Å². The molecule has 1 amide bonds. The average molecular weight is 476 g/mol. The summed E-state index contributed by atoms with van der Waals surface area (Å²) in [6.45, 7) is 4.46. The van der Waals surface area contributed by atoms with Crippen LogP contribution in [0.5, 0.6) is 17.2 Å². The number of carbonyl (C=O) groups excluding carboxylic acids is 1. The highest BCUT2D eigenvalue weighted by atomic mass is 35.5. The van der Waals surface area contributed by atoms with Gasteiger partial charge in [-0.05, 0) is 55.3 Å². The van der Waals surface area contributed by atoms with Crippen molar-refractivity contribution in [3.63, 3.8) is 0 Å². The average Bonchev–Trinajstić information content (AvgIpc) is 3.45. The van der Waals surface area contributed by atoms with E-state index in [9.17, 15) is 4.79 Å². The zero-order valence-electron chi connectivity index (χ0n) is 18.7. The first-order valence-corrected chi connectivity index (χ1v) is 11.2. The SMILES string of the molecule is CCOc1cc2occ(-c3ccc(Cl)cc3)c2cc1/C(C)=C/C(=O)Nc1ccc2c(c1)OCO2. The Morgan fingerprint density at radius 1 is 1.09 bits per heavy atom. The van der Waals surface area contributed by atoms with Crippen LogP contribution in [-0.2, 0) is 4.79 Å².